The third-order valence-corrected chi connectivity index (χ3v) is 5.17. The smallest absolute Gasteiger partial charge is 0.322 e. The van der Waals surface area contributed by atoms with Gasteiger partial charge in [0.2, 0.25) is 0 Å². The summed E-state index contributed by atoms with van der Waals surface area (Å²) in [4.78, 5) is 11.7. The number of hydrogen-bond donors (Lipinski definition) is 1. The molecule has 2 bridgehead atoms. The van der Waals surface area contributed by atoms with Gasteiger partial charge in [-0.1, -0.05) is 6.92 Å². The van der Waals surface area contributed by atoms with Crippen LogP contribution in [0.15, 0.2) is 0 Å². The molecule has 102 valence electrons. The van der Waals surface area contributed by atoms with E-state index in [1.54, 1.807) is 0 Å². The molecule has 5 atom stereocenters. The first-order chi connectivity index (χ1) is 8.70. The molecule has 1 N–H and O–H groups in total. The maximum Gasteiger partial charge on any atom is 0.322 e. The van der Waals surface area contributed by atoms with E-state index in [0.717, 1.165) is 18.9 Å². The van der Waals surface area contributed by atoms with Crippen molar-refractivity contribution in [2.75, 3.05) is 13.7 Å². The summed E-state index contributed by atoms with van der Waals surface area (Å²) < 4.78 is 10.9. The van der Waals surface area contributed by atoms with Crippen molar-refractivity contribution in [1.29, 1.82) is 0 Å². The molecule has 2 saturated heterocycles. The van der Waals surface area contributed by atoms with Gasteiger partial charge in [-0.05, 0) is 38.0 Å². The zero-order valence-electron chi connectivity index (χ0n) is 11.3. The van der Waals surface area contributed by atoms with Gasteiger partial charge in [-0.15, -0.1) is 0 Å². The Morgan fingerprint density at radius 1 is 1.61 bits per heavy atom. The van der Waals surface area contributed by atoms with Crippen LogP contribution < -0.4 is 5.32 Å². The minimum absolute atomic E-state index is 0.135. The lowest BCUT2D eigenvalue weighted by Gasteiger charge is -2.53. The summed E-state index contributed by atoms with van der Waals surface area (Å²) in [7, 11) is 1.46. The van der Waals surface area contributed by atoms with Crippen molar-refractivity contribution in [3.05, 3.63) is 0 Å². The Morgan fingerprint density at radius 2 is 2.44 bits per heavy atom. The summed E-state index contributed by atoms with van der Waals surface area (Å²) in [5.41, 5.74) is 0.162. The summed E-state index contributed by atoms with van der Waals surface area (Å²) in [5, 5.41) is 3.53. The number of esters is 1. The predicted molar refractivity (Wildman–Crippen MR) is 67.1 cm³/mol. The molecular weight excluding hydrogens is 230 g/mol. The molecule has 2 aliphatic heterocycles. The van der Waals surface area contributed by atoms with Crippen molar-refractivity contribution in [3.63, 3.8) is 0 Å². The molecule has 4 rings (SSSR count). The van der Waals surface area contributed by atoms with Crippen LogP contribution in [-0.4, -0.2) is 37.4 Å². The Bertz CT molecular complexity index is 342. The number of nitrogens with one attached hydrogen (secondary N) is 1. The quantitative estimate of drug-likeness (QED) is 0.771. The molecule has 0 radical (unpaired) electrons. The van der Waals surface area contributed by atoms with E-state index in [1.807, 2.05) is 6.92 Å². The summed E-state index contributed by atoms with van der Waals surface area (Å²) in [6, 6.07) is 0.277. The third kappa shape index (κ3) is 1.69. The first kappa shape index (κ1) is 12.4. The van der Waals surface area contributed by atoms with Gasteiger partial charge in [0.1, 0.15) is 6.04 Å². The van der Waals surface area contributed by atoms with E-state index in [-0.39, 0.29) is 17.6 Å². The van der Waals surface area contributed by atoms with E-state index in [2.05, 4.69) is 5.32 Å². The Morgan fingerprint density at radius 3 is 3.11 bits per heavy atom. The van der Waals surface area contributed by atoms with Gasteiger partial charge in [0.25, 0.3) is 0 Å². The van der Waals surface area contributed by atoms with Gasteiger partial charge < -0.3 is 14.8 Å². The minimum atomic E-state index is -0.157. The molecule has 0 aromatic rings. The van der Waals surface area contributed by atoms with Gasteiger partial charge in [0.15, 0.2) is 0 Å². The molecule has 0 aromatic carbocycles. The number of rotatable bonds is 4. The van der Waals surface area contributed by atoms with Crippen molar-refractivity contribution in [2.45, 2.75) is 56.7 Å². The Hall–Kier alpha value is -0.610. The van der Waals surface area contributed by atoms with E-state index >= 15 is 0 Å². The lowest BCUT2D eigenvalue weighted by Crippen LogP contribution is -2.61. The van der Waals surface area contributed by atoms with Gasteiger partial charge in [0, 0.05) is 12.0 Å². The lowest BCUT2D eigenvalue weighted by atomic mass is 9.56. The molecule has 0 amide bonds. The average molecular weight is 253 g/mol. The molecule has 2 heterocycles. The van der Waals surface area contributed by atoms with Crippen molar-refractivity contribution in [2.24, 2.45) is 11.8 Å². The van der Waals surface area contributed by atoms with Gasteiger partial charge >= 0.3 is 5.97 Å². The van der Waals surface area contributed by atoms with Crippen molar-refractivity contribution in [1.82, 2.24) is 5.32 Å². The van der Waals surface area contributed by atoms with Crippen LogP contribution in [0, 0.1) is 11.8 Å². The first-order valence-corrected chi connectivity index (χ1v) is 7.18. The fourth-order valence-electron chi connectivity index (χ4n) is 4.34. The number of fused-ring (bicyclic) bond motifs is 1. The summed E-state index contributed by atoms with van der Waals surface area (Å²) in [5.74, 6) is 1.22. The molecule has 4 heteroatoms. The topological polar surface area (TPSA) is 47.6 Å². The summed E-state index contributed by atoms with van der Waals surface area (Å²) >= 11 is 0. The Balaban J connectivity index is 1.67. The molecule has 5 unspecified atom stereocenters. The second kappa shape index (κ2) is 4.49. The van der Waals surface area contributed by atoms with E-state index in [9.17, 15) is 4.79 Å². The monoisotopic (exact) mass is 253 g/mol. The van der Waals surface area contributed by atoms with Crippen molar-refractivity contribution < 1.29 is 14.3 Å². The largest absolute Gasteiger partial charge is 0.468 e. The maximum absolute atomic E-state index is 11.7. The Kier molecular flexibility index (Phi) is 3.10. The standard InChI is InChI=1S/C14H23NO3/c1-3-10(13(16)17-2)15-11-5-4-6-14-7-9(8-18-14)12(11)14/h9-12,15H,3-8H2,1-2H3. The molecule has 2 saturated carbocycles. The van der Waals surface area contributed by atoms with Crippen LogP contribution in [0.5, 0.6) is 0 Å². The highest BCUT2D eigenvalue weighted by atomic mass is 16.5. The third-order valence-electron chi connectivity index (χ3n) is 5.17. The fourth-order valence-corrected chi connectivity index (χ4v) is 4.34. The second-order valence-corrected chi connectivity index (χ2v) is 6.02. The zero-order valence-corrected chi connectivity index (χ0v) is 11.3. The van der Waals surface area contributed by atoms with Crippen LogP contribution >= 0.6 is 0 Å². The van der Waals surface area contributed by atoms with Crippen LogP contribution in [-0.2, 0) is 14.3 Å². The number of carbonyl (C=O) groups excluding carboxylic acids is 1. The highest BCUT2D eigenvalue weighted by molar-refractivity contribution is 5.75. The first-order valence-electron chi connectivity index (χ1n) is 7.18. The molecule has 4 fully saturated rings. The number of methoxy groups -OCH3 is 1. The van der Waals surface area contributed by atoms with E-state index in [0.29, 0.717) is 12.0 Å². The van der Waals surface area contributed by atoms with Crippen molar-refractivity contribution >= 4 is 5.97 Å². The van der Waals surface area contributed by atoms with E-state index in [1.165, 1.54) is 32.8 Å². The maximum atomic E-state index is 11.7. The SMILES string of the molecule is CCC(NC1CCCC23CC(CO2)C13)C(=O)OC. The van der Waals surface area contributed by atoms with Crippen molar-refractivity contribution in [3.8, 4) is 0 Å². The van der Waals surface area contributed by atoms with Gasteiger partial charge in [-0.3, -0.25) is 4.79 Å². The van der Waals surface area contributed by atoms with E-state index < -0.39 is 0 Å². The molecular formula is C14H23NO3. The molecule has 2 aliphatic carbocycles. The highest BCUT2D eigenvalue weighted by Crippen LogP contribution is 2.60. The van der Waals surface area contributed by atoms with Gasteiger partial charge in [-0.25, -0.2) is 0 Å². The van der Waals surface area contributed by atoms with E-state index in [4.69, 9.17) is 9.47 Å². The van der Waals surface area contributed by atoms with Gasteiger partial charge in [0.05, 0.1) is 19.3 Å². The van der Waals surface area contributed by atoms with Crippen LogP contribution in [0.1, 0.15) is 39.0 Å². The minimum Gasteiger partial charge on any atom is -0.468 e. The average Bonchev–Trinajstić information content (AvgIpc) is 2.93. The van der Waals surface area contributed by atoms with Crippen LogP contribution in [0.2, 0.25) is 0 Å². The van der Waals surface area contributed by atoms with Crippen LogP contribution in [0.4, 0.5) is 0 Å². The molecule has 4 nitrogen and oxygen atoms in total. The number of hydrogen-bond acceptors (Lipinski definition) is 4. The Labute approximate surface area is 108 Å². The summed E-state index contributed by atoms with van der Waals surface area (Å²) in [6.45, 7) is 2.96. The predicted octanol–water partition coefficient (Wildman–Crippen LogP) is 1.49. The number of ether oxygens (including phenoxy) is 2. The molecule has 0 aromatic heterocycles. The molecule has 18 heavy (non-hydrogen) atoms. The summed E-state index contributed by atoms with van der Waals surface area (Å²) in [6.07, 6.45) is 5.61. The molecule has 4 aliphatic rings. The fraction of sp³-hybridized carbons (Fsp3) is 0.929. The highest BCUT2D eigenvalue weighted by Gasteiger charge is 2.64. The lowest BCUT2D eigenvalue weighted by molar-refractivity contribution is -0.145. The normalized spacial score (nSPS) is 42.9. The molecule has 1 spiro atoms. The number of carbonyl (C=O) groups is 1. The zero-order chi connectivity index (χ0) is 12.8. The van der Waals surface area contributed by atoms with Crippen LogP contribution in [0.3, 0.4) is 0 Å². The van der Waals surface area contributed by atoms with Gasteiger partial charge in [-0.2, -0.15) is 0 Å². The van der Waals surface area contributed by atoms with Crippen LogP contribution in [0.25, 0.3) is 0 Å². The second-order valence-electron chi connectivity index (χ2n) is 6.02.